The summed E-state index contributed by atoms with van der Waals surface area (Å²) in [6.45, 7) is 0. The molecule has 2 aliphatic rings. The summed E-state index contributed by atoms with van der Waals surface area (Å²) in [4.78, 5) is 0. The van der Waals surface area contributed by atoms with Crippen LogP contribution in [0.5, 0.6) is 0 Å². The third kappa shape index (κ3) is 1.08. The largest absolute Gasteiger partial charge is 0.305 e. The summed E-state index contributed by atoms with van der Waals surface area (Å²) in [7, 11) is -4.21. The zero-order chi connectivity index (χ0) is 8.11. The van der Waals surface area contributed by atoms with Crippen molar-refractivity contribution in [3.8, 4) is 0 Å². The lowest BCUT2D eigenvalue weighted by molar-refractivity contribution is 0.0338. The Kier molecular flexibility index (Phi) is 1.35. The van der Waals surface area contributed by atoms with Gasteiger partial charge in [0.2, 0.25) is 0 Å². The molecule has 11 heavy (non-hydrogen) atoms. The standard InChI is InChI=1S/C7H11FO2S/c8-11(9,10)6-4-7(5-6)2-1-3-7/h6H,1-5H2. The Morgan fingerprint density at radius 2 is 1.82 bits per heavy atom. The van der Waals surface area contributed by atoms with Gasteiger partial charge in [-0.2, -0.15) is 8.42 Å². The summed E-state index contributed by atoms with van der Waals surface area (Å²) < 4.78 is 33.1. The van der Waals surface area contributed by atoms with E-state index in [9.17, 15) is 12.3 Å². The summed E-state index contributed by atoms with van der Waals surface area (Å²) >= 11 is 0. The van der Waals surface area contributed by atoms with Crippen molar-refractivity contribution in [2.24, 2.45) is 5.41 Å². The second kappa shape index (κ2) is 1.97. The Labute approximate surface area is 66.0 Å². The Bertz CT molecular complexity index is 258. The molecule has 4 heteroatoms. The van der Waals surface area contributed by atoms with E-state index in [2.05, 4.69) is 0 Å². The van der Waals surface area contributed by atoms with Crippen LogP contribution in [-0.4, -0.2) is 13.7 Å². The number of halogens is 1. The predicted octanol–water partition coefficient (Wildman–Crippen LogP) is 1.62. The highest BCUT2D eigenvalue weighted by molar-refractivity contribution is 7.87. The highest BCUT2D eigenvalue weighted by Crippen LogP contribution is 2.57. The van der Waals surface area contributed by atoms with Gasteiger partial charge in [0, 0.05) is 0 Å². The first kappa shape index (κ1) is 7.53. The molecular formula is C7H11FO2S. The zero-order valence-electron chi connectivity index (χ0n) is 6.22. The molecule has 2 rings (SSSR count). The molecule has 0 atom stereocenters. The Morgan fingerprint density at radius 3 is 2.09 bits per heavy atom. The molecule has 2 saturated carbocycles. The van der Waals surface area contributed by atoms with Crippen molar-refractivity contribution in [2.45, 2.75) is 37.4 Å². The molecule has 0 bridgehead atoms. The van der Waals surface area contributed by atoms with Crippen molar-refractivity contribution in [1.29, 1.82) is 0 Å². The first-order valence-electron chi connectivity index (χ1n) is 3.95. The molecule has 2 aliphatic carbocycles. The molecule has 0 N–H and O–H groups in total. The lowest BCUT2D eigenvalue weighted by Gasteiger charge is -2.52. The van der Waals surface area contributed by atoms with Crippen LogP contribution in [0, 0.1) is 5.41 Å². The van der Waals surface area contributed by atoms with E-state index < -0.39 is 15.5 Å². The first-order chi connectivity index (χ1) is 5.02. The molecule has 0 aromatic carbocycles. The van der Waals surface area contributed by atoms with Gasteiger partial charge in [-0.25, -0.2) is 0 Å². The molecule has 0 amide bonds. The SMILES string of the molecule is O=S(=O)(F)C1CC2(CCC2)C1. The molecule has 64 valence electrons. The topological polar surface area (TPSA) is 34.1 Å². The van der Waals surface area contributed by atoms with Crippen LogP contribution in [0.15, 0.2) is 0 Å². The monoisotopic (exact) mass is 178 g/mol. The highest BCUT2D eigenvalue weighted by Gasteiger charge is 2.52. The first-order valence-corrected chi connectivity index (χ1v) is 5.40. The van der Waals surface area contributed by atoms with E-state index in [0.29, 0.717) is 12.8 Å². The van der Waals surface area contributed by atoms with Gasteiger partial charge >= 0.3 is 10.2 Å². The lowest BCUT2D eigenvalue weighted by Crippen LogP contribution is -2.48. The third-order valence-corrected chi connectivity index (χ3v) is 4.26. The van der Waals surface area contributed by atoms with Crippen LogP contribution in [0.3, 0.4) is 0 Å². The maximum Gasteiger partial charge on any atom is 0.305 e. The van der Waals surface area contributed by atoms with E-state index >= 15 is 0 Å². The summed E-state index contributed by atoms with van der Waals surface area (Å²) in [5.74, 6) is 0. The fourth-order valence-corrected chi connectivity index (χ4v) is 3.30. The van der Waals surface area contributed by atoms with Gasteiger partial charge in [0.1, 0.15) is 0 Å². The van der Waals surface area contributed by atoms with Gasteiger partial charge in [-0.05, 0) is 31.1 Å². The van der Waals surface area contributed by atoms with Crippen molar-refractivity contribution in [2.75, 3.05) is 0 Å². The molecule has 0 aromatic rings. The number of rotatable bonds is 1. The van der Waals surface area contributed by atoms with Gasteiger partial charge < -0.3 is 0 Å². The van der Waals surface area contributed by atoms with Crippen molar-refractivity contribution in [1.82, 2.24) is 0 Å². The van der Waals surface area contributed by atoms with Crippen LogP contribution < -0.4 is 0 Å². The maximum atomic E-state index is 12.3. The summed E-state index contributed by atoms with van der Waals surface area (Å²) in [6, 6.07) is 0. The molecule has 0 aliphatic heterocycles. The van der Waals surface area contributed by atoms with Gasteiger partial charge in [0.05, 0.1) is 5.25 Å². The van der Waals surface area contributed by atoms with E-state index in [4.69, 9.17) is 0 Å². The van der Waals surface area contributed by atoms with Crippen LogP contribution in [0.4, 0.5) is 3.89 Å². The van der Waals surface area contributed by atoms with Crippen LogP contribution in [-0.2, 0) is 10.2 Å². The van der Waals surface area contributed by atoms with E-state index in [1.165, 1.54) is 6.42 Å². The van der Waals surface area contributed by atoms with Gasteiger partial charge in [-0.15, -0.1) is 3.89 Å². The van der Waals surface area contributed by atoms with Crippen molar-refractivity contribution in [3.05, 3.63) is 0 Å². The Morgan fingerprint density at radius 1 is 1.27 bits per heavy atom. The van der Waals surface area contributed by atoms with Crippen LogP contribution >= 0.6 is 0 Å². The second-order valence-electron chi connectivity index (χ2n) is 3.86. The molecule has 0 aromatic heterocycles. The average molecular weight is 178 g/mol. The van der Waals surface area contributed by atoms with E-state index in [-0.39, 0.29) is 5.41 Å². The minimum Gasteiger partial charge on any atom is -0.195 e. The van der Waals surface area contributed by atoms with E-state index in [1.54, 1.807) is 0 Å². The molecule has 2 nitrogen and oxygen atoms in total. The van der Waals surface area contributed by atoms with Crippen LogP contribution in [0.1, 0.15) is 32.1 Å². The van der Waals surface area contributed by atoms with Crippen LogP contribution in [0.25, 0.3) is 0 Å². The fourth-order valence-electron chi connectivity index (χ4n) is 2.19. The lowest BCUT2D eigenvalue weighted by atomic mass is 9.56. The van der Waals surface area contributed by atoms with Gasteiger partial charge in [0.25, 0.3) is 0 Å². The number of hydrogen-bond acceptors (Lipinski definition) is 2. The predicted molar refractivity (Wildman–Crippen MR) is 39.3 cm³/mol. The zero-order valence-corrected chi connectivity index (χ0v) is 7.03. The Balaban J connectivity index is 1.98. The van der Waals surface area contributed by atoms with Gasteiger partial charge in [-0.3, -0.25) is 0 Å². The van der Waals surface area contributed by atoms with E-state index in [1.807, 2.05) is 0 Å². The summed E-state index contributed by atoms with van der Waals surface area (Å²) in [6.07, 6.45) is 4.56. The van der Waals surface area contributed by atoms with Gasteiger partial charge in [-0.1, -0.05) is 6.42 Å². The molecule has 0 saturated heterocycles. The average Bonchev–Trinajstić information content (AvgIpc) is 1.49. The maximum absolute atomic E-state index is 12.3. The smallest absolute Gasteiger partial charge is 0.195 e. The minimum absolute atomic E-state index is 0.254. The Hall–Kier alpha value is -0.120. The number of hydrogen-bond donors (Lipinski definition) is 0. The molecule has 2 fully saturated rings. The van der Waals surface area contributed by atoms with Crippen LogP contribution in [0.2, 0.25) is 0 Å². The normalized spacial score (nSPS) is 29.5. The quantitative estimate of drug-likeness (QED) is 0.572. The van der Waals surface area contributed by atoms with Crippen molar-refractivity contribution < 1.29 is 12.3 Å². The van der Waals surface area contributed by atoms with Crippen molar-refractivity contribution in [3.63, 3.8) is 0 Å². The third-order valence-electron chi connectivity index (χ3n) is 3.13. The second-order valence-corrected chi connectivity index (χ2v) is 5.48. The molecule has 0 radical (unpaired) electrons. The van der Waals surface area contributed by atoms with E-state index in [0.717, 1.165) is 12.8 Å². The fraction of sp³-hybridized carbons (Fsp3) is 1.00. The summed E-state index contributed by atoms with van der Waals surface area (Å²) in [5, 5.41) is -0.664. The minimum atomic E-state index is -4.21. The molecular weight excluding hydrogens is 167 g/mol. The highest BCUT2D eigenvalue weighted by atomic mass is 32.3. The summed E-state index contributed by atoms with van der Waals surface area (Å²) in [5.41, 5.74) is 0.254. The molecule has 0 unspecified atom stereocenters. The van der Waals surface area contributed by atoms with Gasteiger partial charge in [0.15, 0.2) is 0 Å². The molecule has 1 spiro atoms. The molecule has 0 heterocycles. The van der Waals surface area contributed by atoms with Crippen molar-refractivity contribution >= 4 is 10.2 Å².